The van der Waals surface area contributed by atoms with Gasteiger partial charge in [0.05, 0.1) is 12.5 Å². The molecule has 0 bridgehead atoms. The smallest absolute Gasteiger partial charge is 0.326 e. The van der Waals surface area contributed by atoms with Crippen LogP contribution in [-0.2, 0) is 16.0 Å². The molecule has 1 aliphatic rings. The van der Waals surface area contributed by atoms with E-state index in [1.165, 1.54) is 17.0 Å². The van der Waals surface area contributed by atoms with Crippen LogP contribution in [0.3, 0.4) is 0 Å². The van der Waals surface area contributed by atoms with E-state index < -0.39 is 18.1 Å². The number of aliphatic hydroxyl groups excluding tert-OH is 1. The number of carboxylic acid groups (broad SMARTS) is 1. The zero-order valence-electron chi connectivity index (χ0n) is 10.2. The van der Waals surface area contributed by atoms with E-state index in [4.69, 9.17) is 0 Å². The number of hydrogen-bond acceptors (Lipinski definition) is 4. The van der Waals surface area contributed by atoms with Gasteiger partial charge < -0.3 is 20.2 Å². The Morgan fingerprint density at radius 1 is 1.47 bits per heavy atom. The van der Waals surface area contributed by atoms with Gasteiger partial charge in [0.1, 0.15) is 11.8 Å². The summed E-state index contributed by atoms with van der Waals surface area (Å²) in [6.07, 6.45) is -0.745. The second-order valence-electron chi connectivity index (χ2n) is 4.63. The summed E-state index contributed by atoms with van der Waals surface area (Å²) in [6.45, 7) is 0.0363. The molecule has 1 amide bonds. The van der Waals surface area contributed by atoms with Gasteiger partial charge in [-0.1, -0.05) is 12.1 Å². The summed E-state index contributed by atoms with van der Waals surface area (Å²) in [5, 5.41) is 28.0. The van der Waals surface area contributed by atoms with Crippen molar-refractivity contribution in [2.24, 2.45) is 0 Å². The zero-order valence-corrected chi connectivity index (χ0v) is 10.2. The summed E-state index contributed by atoms with van der Waals surface area (Å²) >= 11 is 0. The lowest BCUT2D eigenvalue weighted by Crippen LogP contribution is -2.44. The van der Waals surface area contributed by atoms with Crippen molar-refractivity contribution in [3.63, 3.8) is 0 Å². The van der Waals surface area contributed by atoms with Gasteiger partial charge in [-0.15, -0.1) is 0 Å². The Morgan fingerprint density at radius 3 is 2.74 bits per heavy atom. The monoisotopic (exact) mass is 265 g/mol. The quantitative estimate of drug-likeness (QED) is 0.710. The van der Waals surface area contributed by atoms with Crippen molar-refractivity contribution < 1.29 is 24.9 Å². The normalized spacial score (nSPS) is 20.6. The summed E-state index contributed by atoms with van der Waals surface area (Å²) < 4.78 is 0. The van der Waals surface area contributed by atoms with Gasteiger partial charge in [-0.25, -0.2) is 4.79 Å². The van der Waals surface area contributed by atoms with Crippen LogP contribution < -0.4 is 0 Å². The van der Waals surface area contributed by atoms with Gasteiger partial charge in [0.15, 0.2) is 0 Å². The van der Waals surface area contributed by atoms with Crippen LogP contribution in [0, 0.1) is 0 Å². The van der Waals surface area contributed by atoms with Crippen molar-refractivity contribution in [2.75, 3.05) is 6.54 Å². The number of β-amino-alcohol motifs (C(OH)–C–C–N with tert-alkyl or cyclic N) is 1. The fourth-order valence-corrected chi connectivity index (χ4v) is 2.25. The minimum absolute atomic E-state index is 0.0363. The molecule has 19 heavy (non-hydrogen) atoms. The maximum Gasteiger partial charge on any atom is 0.326 e. The molecule has 2 atom stereocenters. The van der Waals surface area contributed by atoms with E-state index in [1.54, 1.807) is 12.1 Å². The van der Waals surface area contributed by atoms with Crippen LogP contribution in [0.2, 0.25) is 0 Å². The largest absolute Gasteiger partial charge is 0.508 e. The van der Waals surface area contributed by atoms with E-state index in [1.807, 2.05) is 0 Å². The molecule has 0 aliphatic carbocycles. The second kappa shape index (κ2) is 5.27. The number of likely N-dealkylation sites (tertiary alicyclic amines) is 1. The first kappa shape index (κ1) is 13.4. The highest BCUT2D eigenvalue weighted by atomic mass is 16.4. The Kier molecular flexibility index (Phi) is 3.71. The first-order valence-electron chi connectivity index (χ1n) is 5.95. The number of hydrogen-bond donors (Lipinski definition) is 3. The van der Waals surface area contributed by atoms with Crippen molar-refractivity contribution >= 4 is 11.9 Å². The van der Waals surface area contributed by atoms with Crippen LogP contribution in [0.15, 0.2) is 24.3 Å². The number of amides is 1. The average molecular weight is 265 g/mol. The number of aliphatic hydroxyl groups is 1. The Morgan fingerprint density at radius 2 is 2.21 bits per heavy atom. The summed E-state index contributed by atoms with van der Waals surface area (Å²) in [7, 11) is 0. The van der Waals surface area contributed by atoms with Gasteiger partial charge in [0.2, 0.25) is 5.91 Å². The Bertz CT molecular complexity index is 502. The molecular formula is C13H15NO5. The number of carbonyl (C=O) groups is 2. The van der Waals surface area contributed by atoms with E-state index in [-0.39, 0.29) is 31.0 Å². The summed E-state index contributed by atoms with van der Waals surface area (Å²) in [4.78, 5) is 24.1. The van der Waals surface area contributed by atoms with E-state index in [0.717, 1.165) is 0 Å². The summed E-state index contributed by atoms with van der Waals surface area (Å²) in [5.41, 5.74) is 0.626. The lowest BCUT2D eigenvalue weighted by molar-refractivity contribution is -0.148. The molecule has 102 valence electrons. The third-order valence-electron chi connectivity index (χ3n) is 3.14. The summed E-state index contributed by atoms with van der Waals surface area (Å²) in [6, 6.07) is 5.24. The molecule has 2 unspecified atom stereocenters. The lowest BCUT2D eigenvalue weighted by atomic mass is 10.0. The van der Waals surface area contributed by atoms with Crippen molar-refractivity contribution in [2.45, 2.75) is 25.0 Å². The van der Waals surface area contributed by atoms with Crippen LogP contribution in [0.25, 0.3) is 0 Å². The second-order valence-corrected chi connectivity index (χ2v) is 4.63. The average Bonchev–Trinajstić information content (AvgIpc) is 2.65. The van der Waals surface area contributed by atoms with Crippen molar-refractivity contribution in [1.82, 2.24) is 4.90 Å². The highest BCUT2D eigenvalue weighted by molar-refractivity contribution is 5.85. The van der Waals surface area contributed by atoms with E-state index in [0.29, 0.717) is 5.56 Å². The fourth-order valence-electron chi connectivity index (χ4n) is 2.25. The van der Waals surface area contributed by atoms with Crippen LogP contribution in [0.5, 0.6) is 5.75 Å². The van der Waals surface area contributed by atoms with Crippen LogP contribution >= 0.6 is 0 Å². The molecule has 0 saturated carbocycles. The molecule has 1 aromatic rings. The molecular weight excluding hydrogens is 250 g/mol. The van der Waals surface area contributed by atoms with Gasteiger partial charge in [0, 0.05) is 13.0 Å². The molecule has 1 saturated heterocycles. The highest BCUT2D eigenvalue weighted by Gasteiger charge is 2.36. The fraction of sp³-hybridized carbons (Fsp3) is 0.385. The number of phenolic OH excluding ortho intramolecular Hbond substituents is 1. The van der Waals surface area contributed by atoms with Crippen molar-refractivity contribution in [3.05, 3.63) is 29.8 Å². The predicted octanol–water partition coefficient (Wildman–Crippen LogP) is -0.0189. The number of phenols is 1. The molecule has 1 heterocycles. The molecule has 3 N–H and O–H groups in total. The third kappa shape index (κ3) is 3.03. The van der Waals surface area contributed by atoms with Crippen LogP contribution in [-0.4, -0.2) is 50.8 Å². The van der Waals surface area contributed by atoms with Crippen LogP contribution in [0.4, 0.5) is 0 Å². The third-order valence-corrected chi connectivity index (χ3v) is 3.14. The molecule has 0 aromatic heterocycles. The molecule has 1 aromatic carbocycles. The number of carboxylic acids is 1. The highest BCUT2D eigenvalue weighted by Crippen LogP contribution is 2.19. The number of rotatable bonds is 4. The zero-order chi connectivity index (χ0) is 14.0. The SMILES string of the molecule is O=C(O)C(Cc1cccc(O)c1)N1CC(O)CC1=O. The topological polar surface area (TPSA) is 98.1 Å². The first-order chi connectivity index (χ1) is 8.97. The van der Waals surface area contributed by atoms with E-state index in [9.17, 15) is 24.9 Å². The maximum absolute atomic E-state index is 11.6. The van der Waals surface area contributed by atoms with Crippen LogP contribution in [0.1, 0.15) is 12.0 Å². The number of carbonyl (C=O) groups excluding carboxylic acids is 1. The van der Waals surface area contributed by atoms with E-state index >= 15 is 0 Å². The number of aromatic hydroxyl groups is 1. The molecule has 0 radical (unpaired) electrons. The molecule has 6 nitrogen and oxygen atoms in total. The number of nitrogens with zero attached hydrogens (tertiary/aromatic N) is 1. The molecule has 1 aliphatic heterocycles. The molecule has 0 spiro atoms. The Hall–Kier alpha value is -2.08. The van der Waals surface area contributed by atoms with E-state index in [2.05, 4.69) is 0 Å². The minimum atomic E-state index is -1.12. The maximum atomic E-state index is 11.6. The first-order valence-corrected chi connectivity index (χ1v) is 5.95. The number of aliphatic carboxylic acids is 1. The van der Waals surface area contributed by atoms with Gasteiger partial charge in [-0.05, 0) is 17.7 Å². The predicted molar refractivity (Wildman–Crippen MR) is 65.6 cm³/mol. The van der Waals surface area contributed by atoms with Crippen molar-refractivity contribution in [3.8, 4) is 5.75 Å². The summed E-state index contributed by atoms with van der Waals surface area (Å²) in [5.74, 6) is -1.43. The molecule has 1 fully saturated rings. The van der Waals surface area contributed by atoms with Gasteiger partial charge in [-0.3, -0.25) is 4.79 Å². The van der Waals surface area contributed by atoms with Gasteiger partial charge in [0.25, 0.3) is 0 Å². The lowest BCUT2D eigenvalue weighted by Gasteiger charge is -2.24. The standard InChI is InChI=1S/C13H15NO5/c15-9-3-1-2-8(4-9)5-11(13(18)19)14-7-10(16)6-12(14)17/h1-4,10-11,15-16H,5-7H2,(H,18,19). The number of benzene rings is 1. The molecule has 2 rings (SSSR count). The Labute approximate surface area is 109 Å². The van der Waals surface area contributed by atoms with Crippen molar-refractivity contribution in [1.29, 1.82) is 0 Å². The molecule has 6 heteroatoms. The van der Waals surface area contributed by atoms with Gasteiger partial charge >= 0.3 is 5.97 Å². The Balaban J connectivity index is 2.17. The van der Waals surface area contributed by atoms with Gasteiger partial charge in [-0.2, -0.15) is 0 Å². The minimum Gasteiger partial charge on any atom is -0.508 e.